The molecule has 1 aromatic carbocycles. The first kappa shape index (κ1) is 29.5. The van der Waals surface area contributed by atoms with Crippen LogP contribution in [0.4, 0.5) is 0 Å². The molecule has 3 heterocycles. The Kier molecular flexibility index (Phi) is 8.43. The van der Waals surface area contributed by atoms with Gasteiger partial charge in [-0.1, -0.05) is 44.2 Å². The molecule has 4 amide bonds. The van der Waals surface area contributed by atoms with Gasteiger partial charge in [-0.25, -0.2) is 0 Å². The largest absolute Gasteiger partial charge is 0.381 e. The molecule has 0 bridgehead atoms. The Labute approximate surface area is 242 Å². The van der Waals surface area contributed by atoms with Crippen LogP contribution in [0.1, 0.15) is 45.6 Å². The lowest BCUT2D eigenvalue weighted by atomic mass is 9.70. The fourth-order valence-corrected chi connectivity index (χ4v) is 6.70. The number of likely N-dealkylation sites (N-methyl/N-ethyl adjacent to an activating group) is 1. The normalized spacial score (nSPS) is 26.1. The van der Waals surface area contributed by atoms with E-state index in [4.69, 9.17) is 9.47 Å². The van der Waals surface area contributed by atoms with Crippen LogP contribution in [-0.2, 0) is 35.3 Å². The second kappa shape index (κ2) is 11.7. The third-order valence-corrected chi connectivity index (χ3v) is 9.63. The van der Waals surface area contributed by atoms with E-state index in [1.807, 2.05) is 40.1 Å². The van der Waals surface area contributed by atoms with E-state index < -0.39 is 23.5 Å². The molecule has 1 aliphatic carbocycles. The van der Waals surface area contributed by atoms with Gasteiger partial charge in [0, 0.05) is 63.7 Å². The maximum atomic E-state index is 13.9. The number of rotatable bonds is 9. The molecular formula is C31H44N4O6. The molecular weight excluding hydrogens is 524 g/mol. The van der Waals surface area contributed by atoms with Gasteiger partial charge in [-0.15, -0.1) is 0 Å². The standard InChI is InChI=1S/C31H44N4O6/c1-20(41-16-21-8-6-5-7-9-21)25(27(37)32-4)33-26(36)24-15-34(28(38)22-10-12-40-13-11-22)17-31(24)18-35(19-31)29(39)23-14-30(23,2)3/h5-9,20,22-25H,10-19H2,1-4H3,(H,32,37)(H,33,36)/t20-,23-,24+,25+/m1/s1. The number of amides is 4. The topological polar surface area (TPSA) is 117 Å². The zero-order valence-corrected chi connectivity index (χ0v) is 24.7. The van der Waals surface area contributed by atoms with Gasteiger partial charge in [0.1, 0.15) is 6.04 Å². The first-order valence-electron chi connectivity index (χ1n) is 14.9. The van der Waals surface area contributed by atoms with Crippen LogP contribution in [-0.4, -0.2) is 92.0 Å². The molecule has 4 fully saturated rings. The first-order valence-corrected chi connectivity index (χ1v) is 14.9. The van der Waals surface area contributed by atoms with Crippen molar-refractivity contribution in [1.29, 1.82) is 0 Å². The van der Waals surface area contributed by atoms with Gasteiger partial charge in [-0.05, 0) is 37.2 Å². The van der Waals surface area contributed by atoms with E-state index in [1.54, 1.807) is 6.92 Å². The van der Waals surface area contributed by atoms with Gasteiger partial charge in [0.05, 0.1) is 18.6 Å². The van der Waals surface area contributed by atoms with Crippen LogP contribution in [0.3, 0.4) is 0 Å². The van der Waals surface area contributed by atoms with Crippen LogP contribution in [0.25, 0.3) is 0 Å². The lowest BCUT2D eigenvalue weighted by Gasteiger charge is -2.50. The van der Waals surface area contributed by atoms with Crippen LogP contribution in [0.2, 0.25) is 0 Å². The summed E-state index contributed by atoms with van der Waals surface area (Å²) in [5, 5.41) is 5.61. The van der Waals surface area contributed by atoms with E-state index in [0.717, 1.165) is 12.0 Å². The maximum Gasteiger partial charge on any atom is 0.245 e. The van der Waals surface area contributed by atoms with Crippen molar-refractivity contribution in [2.24, 2.45) is 28.6 Å². The van der Waals surface area contributed by atoms with Crippen molar-refractivity contribution in [3.05, 3.63) is 35.9 Å². The number of hydrogen-bond donors (Lipinski definition) is 2. The van der Waals surface area contributed by atoms with Crippen LogP contribution in [0.5, 0.6) is 0 Å². The van der Waals surface area contributed by atoms with Gasteiger partial charge in [0.25, 0.3) is 0 Å². The molecule has 1 saturated carbocycles. The third kappa shape index (κ3) is 6.14. The van der Waals surface area contributed by atoms with Crippen LogP contribution in [0.15, 0.2) is 30.3 Å². The quantitative estimate of drug-likeness (QED) is 0.467. The fraction of sp³-hybridized carbons (Fsp3) is 0.677. The molecule has 224 valence electrons. The van der Waals surface area contributed by atoms with Gasteiger partial charge in [0.15, 0.2) is 0 Å². The van der Waals surface area contributed by atoms with Gasteiger partial charge < -0.3 is 29.9 Å². The number of ether oxygens (including phenoxy) is 2. The van der Waals surface area contributed by atoms with E-state index >= 15 is 0 Å². The Balaban J connectivity index is 1.29. The number of carbonyl (C=O) groups is 4. The Morgan fingerprint density at radius 3 is 2.24 bits per heavy atom. The number of benzene rings is 1. The van der Waals surface area contributed by atoms with E-state index in [-0.39, 0.29) is 47.4 Å². The summed E-state index contributed by atoms with van der Waals surface area (Å²) < 4.78 is 11.5. The third-order valence-electron chi connectivity index (χ3n) is 9.63. The van der Waals surface area contributed by atoms with Crippen molar-refractivity contribution in [3.63, 3.8) is 0 Å². The summed E-state index contributed by atoms with van der Waals surface area (Å²) in [7, 11) is 1.53. The molecule has 5 rings (SSSR count). The average molecular weight is 569 g/mol. The van der Waals surface area contributed by atoms with E-state index in [0.29, 0.717) is 52.3 Å². The predicted molar refractivity (Wildman–Crippen MR) is 151 cm³/mol. The van der Waals surface area contributed by atoms with Crippen molar-refractivity contribution < 1.29 is 28.7 Å². The lowest BCUT2D eigenvalue weighted by Crippen LogP contribution is -2.65. The molecule has 10 nitrogen and oxygen atoms in total. The summed E-state index contributed by atoms with van der Waals surface area (Å²) in [4.78, 5) is 57.1. The van der Waals surface area contributed by atoms with Crippen molar-refractivity contribution in [2.75, 3.05) is 46.4 Å². The minimum absolute atomic E-state index is 0.0218. The first-order chi connectivity index (χ1) is 19.5. The summed E-state index contributed by atoms with van der Waals surface area (Å²) in [6.07, 6.45) is 1.64. The molecule has 41 heavy (non-hydrogen) atoms. The maximum absolute atomic E-state index is 13.9. The Hall–Kier alpha value is -2.98. The number of nitrogens with zero attached hydrogens (tertiary/aromatic N) is 2. The molecule has 0 unspecified atom stereocenters. The molecule has 4 aliphatic rings. The second-order valence-electron chi connectivity index (χ2n) is 13.1. The van der Waals surface area contributed by atoms with Gasteiger partial charge in [0.2, 0.25) is 23.6 Å². The highest BCUT2D eigenvalue weighted by Gasteiger charge is 2.62. The van der Waals surface area contributed by atoms with Crippen molar-refractivity contribution in [3.8, 4) is 0 Å². The van der Waals surface area contributed by atoms with Crippen LogP contribution >= 0.6 is 0 Å². The lowest BCUT2D eigenvalue weighted by molar-refractivity contribution is -0.152. The molecule has 0 radical (unpaired) electrons. The number of hydrogen-bond acceptors (Lipinski definition) is 6. The monoisotopic (exact) mass is 568 g/mol. The molecule has 0 aromatic heterocycles. The van der Waals surface area contributed by atoms with E-state index in [9.17, 15) is 19.2 Å². The fourth-order valence-electron chi connectivity index (χ4n) is 6.70. The zero-order chi connectivity index (χ0) is 29.4. The van der Waals surface area contributed by atoms with Gasteiger partial charge in [-0.3, -0.25) is 19.2 Å². The average Bonchev–Trinajstić information content (AvgIpc) is 3.42. The Morgan fingerprint density at radius 1 is 1.00 bits per heavy atom. The van der Waals surface area contributed by atoms with E-state index in [1.165, 1.54) is 7.05 Å². The highest BCUT2D eigenvalue weighted by Crippen LogP contribution is 2.54. The summed E-state index contributed by atoms with van der Waals surface area (Å²) in [5.74, 6) is -1.06. The molecule has 1 spiro atoms. The van der Waals surface area contributed by atoms with Crippen molar-refractivity contribution in [1.82, 2.24) is 20.4 Å². The predicted octanol–water partition coefficient (Wildman–Crippen LogP) is 1.58. The molecule has 3 aliphatic heterocycles. The van der Waals surface area contributed by atoms with Crippen LogP contribution in [0, 0.1) is 28.6 Å². The molecule has 10 heteroatoms. The number of likely N-dealkylation sites (tertiary alicyclic amines) is 2. The minimum Gasteiger partial charge on any atom is -0.381 e. The smallest absolute Gasteiger partial charge is 0.245 e. The Bertz CT molecular complexity index is 1140. The molecule has 3 saturated heterocycles. The summed E-state index contributed by atoms with van der Waals surface area (Å²) in [5.41, 5.74) is 0.464. The summed E-state index contributed by atoms with van der Waals surface area (Å²) in [6, 6.07) is 8.75. The SMILES string of the molecule is CNC(=O)[C@@H](NC(=O)[C@@H]1CN(C(=O)C2CCOCC2)CC12CN(C(=O)[C@H]1CC1(C)C)C2)[C@@H](C)OCc1ccccc1. The highest BCUT2D eigenvalue weighted by atomic mass is 16.5. The highest BCUT2D eigenvalue weighted by molar-refractivity contribution is 5.91. The summed E-state index contributed by atoms with van der Waals surface area (Å²) >= 11 is 0. The second-order valence-corrected chi connectivity index (χ2v) is 13.1. The zero-order valence-electron chi connectivity index (χ0n) is 24.7. The molecule has 1 aromatic rings. The van der Waals surface area contributed by atoms with Crippen molar-refractivity contribution in [2.45, 2.75) is 58.8 Å². The van der Waals surface area contributed by atoms with Crippen molar-refractivity contribution >= 4 is 23.6 Å². The molecule has 4 atom stereocenters. The van der Waals surface area contributed by atoms with Crippen LogP contribution < -0.4 is 10.6 Å². The van der Waals surface area contributed by atoms with E-state index in [2.05, 4.69) is 24.5 Å². The molecule has 2 N–H and O–H groups in total. The van der Waals surface area contributed by atoms with Gasteiger partial charge in [-0.2, -0.15) is 0 Å². The number of nitrogens with one attached hydrogen (secondary N) is 2. The Morgan fingerprint density at radius 2 is 1.63 bits per heavy atom. The van der Waals surface area contributed by atoms with Gasteiger partial charge >= 0.3 is 0 Å². The summed E-state index contributed by atoms with van der Waals surface area (Å²) in [6.45, 7) is 9.01. The minimum atomic E-state index is -0.904. The number of carbonyl (C=O) groups excluding carboxylic acids is 4.